The first-order valence-corrected chi connectivity index (χ1v) is 6.09. The molecule has 1 saturated heterocycles. The van der Waals surface area contributed by atoms with Crippen LogP contribution in [0.5, 0.6) is 5.75 Å². The summed E-state index contributed by atoms with van der Waals surface area (Å²) < 4.78 is 13.2. The zero-order valence-electron chi connectivity index (χ0n) is 9.69. The average Bonchev–Trinajstić information content (AvgIpc) is 2.86. The maximum Gasteiger partial charge on any atom is 0.160 e. The van der Waals surface area contributed by atoms with E-state index in [9.17, 15) is 0 Å². The molecular weight excluding hydrogens is 204 g/mol. The van der Waals surface area contributed by atoms with Gasteiger partial charge in [-0.1, -0.05) is 0 Å². The summed E-state index contributed by atoms with van der Waals surface area (Å²) in [5.41, 5.74) is 1.01. The van der Waals surface area contributed by atoms with Crippen LogP contribution in [0.4, 0.5) is 0 Å². The first-order chi connectivity index (χ1) is 7.83. The molecule has 0 amide bonds. The van der Waals surface area contributed by atoms with Crippen molar-refractivity contribution in [3.63, 3.8) is 0 Å². The lowest BCUT2D eigenvalue weighted by Crippen LogP contribution is -2.11. The van der Waals surface area contributed by atoms with E-state index in [1.807, 2.05) is 13.1 Å². The van der Waals surface area contributed by atoms with Crippen molar-refractivity contribution < 1.29 is 9.47 Å². The van der Waals surface area contributed by atoms with Gasteiger partial charge in [-0.15, -0.1) is 0 Å². The lowest BCUT2D eigenvalue weighted by atomic mass is 10.1. The summed E-state index contributed by atoms with van der Waals surface area (Å²) >= 11 is 0. The van der Waals surface area contributed by atoms with Gasteiger partial charge < -0.3 is 9.47 Å². The fourth-order valence-electron chi connectivity index (χ4n) is 2.06. The second kappa shape index (κ2) is 4.09. The number of nitrogens with zero attached hydrogens (tertiary/aromatic N) is 2. The third-order valence-electron chi connectivity index (χ3n) is 3.29. The molecule has 88 valence electrons. The van der Waals surface area contributed by atoms with E-state index in [4.69, 9.17) is 9.47 Å². The van der Waals surface area contributed by atoms with Gasteiger partial charge >= 0.3 is 0 Å². The van der Waals surface area contributed by atoms with Crippen LogP contribution in [0.25, 0.3) is 0 Å². The van der Waals surface area contributed by atoms with E-state index >= 15 is 0 Å². The van der Waals surface area contributed by atoms with Crippen molar-refractivity contribution in [2.24, 2.45) is 5.92 Å². The van der Waals surface area contributed by atoms with Crippen molar-refractivity contribution in [2.45, 2.75) is 32.2 Å². The van der Waals surface area contributed by atoms with Crippen LogP contribution >= 0.6 is 0 Å². The minimum absolute atomic E-state index is 0.559. The lowest BCUT2D eigenvalue weighted by molar-refractivity contribution is 0.167. The Bertz CT molecular complexity index is 365. The molecule has 1 aromatic rings. The van der Waals surface area contributed by atoms with Gasteiger partial charge in [0.15, 0.2) is 5.75 Å². The fourth-order valence-corrected chi connectivity index (χ4v) is 2.06. The standard InChI is InChI=1S/C12H18N2O2/c1-9-12(6-14(13-9)11-2-3-11)16-8-10-4-5-15-7-10/h6,10-11H,2-5,7-8H2,1H3. The maximum absolute atomic E-state index is 5.82. The largest absolute Gasteiger partial charge is 0.490 e. The Morgan fingerprint density at radius 1 is 1.50 bits per heavy atom. The van der Waals surface area contributed by atoms with E-state index in [2.05, 4.69) is 9.78 Å². The molecule has 3 rings (SSSR count). The summed E-state index contributed by atoms with van der Waals surface area (Å²) in [6, 6.07) is 0.630. The first kappa shape index (κ1) is 10.1. The molecule has 0 N–H and O–H groups in total. The van der Waals surface area contributed by atoms with Gasteiger partial charge in [0.25, 0.3) is 0 Å². The second-order valence-corrected chi connectivity index (χ2v) is 4.83. The van der Waals surface area contributed by atoms with Crippen LogP contribution in [-0.4, -0.2) is 29.6 Å². The van der Waals surface area contributed by atoms with E-state index in [0.29, 0.717) is 12.0 Å². The predicted octanol–water partition coefficient (Wildman–Crippen LogP) is 1.94. The third kappa shape index (κ3) is 2.07. The van der Waals surface area contributed by atoms with Crippen molar-refractivity contribution in [3.05, 3.63) is 11.9 Å². The Labute approximate surface area is 95.5 Å². The van der Waals surface area contributed by atoms with Crippen LogP contribution in [0.1, 0.15) is 31.0 Å². The van der Waals surface area contributed by atoms with Gasteiger partial charge in [-0.25, -0.2) is 0 Å². The highest BCUT2D eigenvalue weighted by molar-refractivity contribution is 5.23. The molecule has 4 heteroatoms. The summed E-state index contributed by atoms with van der Waals surface area (Å²) in [4.78, 5) is 0. The van der Waals surface area contributed by atoms with Crippen LogP contribution in [0, 0.1) is 12.8 Å². The maximum atomic E-state index is 5.82. The summed E-state index contributed by atoms with van der Waals surface area (Å²) in [6.07, 6.45) is 5.69. The van der Waals surface area contributed by atoms with Crippen molar-refractivity contribution in [1.29, 1.82) is 0 Å². The van der Waals surface area contributed by atoms with Gasteiger partial charge in [0.2, 0.25) is 0 Å². The topological polar surface area (TPSA) is 36.3 Å². The van der Waals surface area contributed by atoms with E-state index in [0.717, 1.165) is 37.7 Å². The van der Waals surface area contributed by atoms with Gasteiger partial charge in [0, 0.05) is 12.5 Å². The Morgan fingerprint density at radius 3 is 3.06 bits per heavy atom. The number of hydrogen-bond acceptors (Lipinski definition) is 3. The molecule has 1 aliphatic heterocycles. The molecule has 2 heterocycles. The predicted molar refractivity (Wildman–Crippen MR) is 59.7 cm³/mol. The average molecular weight is 222 g/mol. The number of aryl methyl sites for hydroxylation is 1. The Balaban J connectivity index is 1.60. The summed E-state index contributed by atoms with van der Waals surface area (Å²) in [7, 11) is 0. The van der Waals surface area contributed by atoms with Crippen molar-refractivity contribution in [1.82, 2.24) is 9.78 Å². The summed E-state index contributed by atoms with van der Waals surface area (Å²) in [5.74, 6) is 1.50. The zero-order valence-corrected chi connectivity index (χ0v) is 9.69. The van der Waals surface area contributed by atoms with Crippen LogP contribution in [0.15, 0.2) is 6.20 Å². The molecule has 1 unspecified atom stereocenters. The number of rotatable bonds is 4. The van der Waals surface area contributed by atoms with E-state index in [1.54, 1.807) is 0 Å². The van der Waals surface area contributed by atoms with Crippen LogP contribution in [-0.2, 0) is 4.74 Å². The minimum atomic E-state index is 0.559. The van der Waals surface area contributed by atoms with Crippen LogP contribution in [0.2, 0.25) is 0 Å². The van der Waals surface area contributed by atoms with Gasteiger partial charge in [0.1, 0.15) is 5.69 Å². The summed E-state index contributed by atoms with van der Waals surface area (Å²) in [5, 5.41) is 4.48. The molecule has 1 saturated carbocycles. The SMILES string of the molecule is Cc1nn(C2CC2)cc1OCC1CCOC1. The molecule has 1 aromatic heterocycles. The fraction of sp³-hybridized carbons (Fsp3) is 0.750. The molecule has 0 radical (unpaired) electrons. The monoisotopic (exact) mass is 222 g/mol. The van der Waals surface area contributed by atoms with Gasteiger partial charge in [0.05, 0.1) is 25.5 Å². The molecule has 0 aromatic carbocycles. The normalized spacial score (nSPS) is 24.9. The highest BCUT2D eigenvalue weighted by atomic mass is 16.5. The molecule has 2 fully saturated rings. The Kier molecular flexibility index (Phi) is 2.59. The third-order valence-corrected chi connectivity index (χ3v) is 3.29. The van der Waals surface area contributed by atoms with E-state index in [-0.39, 0.29) is 0 Å². The van der Waals surface area contributed by atoms with Crippen LogP contribution in [0.3, 0.4) is 0 Å². The van der Waals surface area contributed by atoms with Gasteiger partial charge in [-0.3, -0.25) is 4.68 Å². The highest BCUT2D eigenvalue weighted by Crippen LogP contribution is 2.35. The first-order valence-electron chi connectivity index (χ1n) is 6.09. The Morgan fingerprint density at radius 2 is 2.38 bits per heavy atom. The molecule has 16 heavy (non-hydrogen) atoms. The van der Waals surface area contributed by atoms with E-state index < -0.39 is 0 Å². The number of aromatic nitrogens is 2. The summed E-state index contributed by atoms with van der Waals surface area (Å²) in [6.45, 7) is 4.50. The van der Waals surface area contributed by atoms with Gasteiger partial charge in [-0.2, -0.15) is 5.10 Å². The minimum Gasteiger partial charge on any atom is -0.490 e. The lowest BCUT2D eigenvalue weighted by Gasteiger charge is -2.08. The van der Waals surface area contributed by atoms with Crippen molar-refractivity contribution in [3.8, 4) is 5.75 Å². The molecule has 0 bridgehead atoms. The molecule has 1 aliphatic carbocycles. The quantitative estimate of drug-likeness (QED) is 0.781. The zero-order chi connectivity index (χ0) is 11.0. The Hall–Kier alpha value is -1.03. The van der Waals surface area contributed by atoms with Crippen molar-refractivity contribution >= 4 is 0 Å². The van der Waals surface area contributed by atoms with Crippen LogP contribution < -0.4 is 4.74 Å². The second-order valence-electron chi connectivity index (χ2n) is 4.83. The molecule has 4 nitrogen and oxygen atoms in total. The molecule has 0 spiro atoms. The molecule has 2 aliphatic rings. The molecular formula is C12H18N2O2. The smallest absolute Gasteiger partial charge is 0.160 e. The number of ether oxygens (including phenoxy) is 2. The van der Waals surface area contributed by atoms with Gasteiger partial charge in [-0.05, 0) is 26.2 Å². The highest BCUT2D eigenvalue weighted by Gasteiger charge is 2.25. The van der Waals surface area contributed by atoms with Crippen molar-refractivity contribution in [2.75, 3.05) is 19.8 Å². The number of hydrogen-bond donors (Lipinski definition) is 0. The van der Waals surface area contributed by atoms with E-state index in [1.165, 1.54) is 12.8 Å². The molecule has 1 atom stereocenters.